The zero-order valence-electron chi connectivity index (χ0n) is 11.9. The van der Waals surface area contributed by atoms with Gasteiger partial charge in [0.2, 0.25) is 0 Å². The Balaban J connectivity index is 2.25. The quantitative estimate of drug-likeness (QED) is 0.924. The average Bonchev–Trinajstić information content (AvgIpc) is 2.44. The summed E-state index contributed by atoms with van der Waals surface area (Å²) in [6.07, 6.45) is 4.67. The van der Waals surface area contributed by atoms with Gasteiger partial charge >= 0.3 is 0 Å². The van der Waals surface area contributed by atoms with Crippen molar-refractivity contribution in [2.75, 3.05) is 5.32 Å². The lowest BCUT2D eigenvalue weighted by atomic mass is 10.0. The molecule has 0 bridgehead atoms. The molecule has 1 atom stereocenters. The van der Waals surface area contributed by atoms with E-state index in [1.165, 1.54) is 10.1 Å². The van der Waals surface area contributed by atoms with Crippen LogP contribution in [0.4, 0.5) is 11.5 Å². The predicted molar refractivity (Wildman–Crippen MR) is 85.6 cm³/mol. The third kappa shape index (κ3) is 3.28. The van der Waals surface area contributed by atoms with Crippen molar-refractivity contribution >= 4 is 27.4 Å². The van der Waals surface area contributed by atoms with E-state index in [-0.39, 0.29) is 5.56 Å². The molecular formula is C15H18BrN3O. The van der Waals surface area contributed by atoms with E-state index in [1.807, 2.05) is 18.3 Å². The third-order valence-electron chi connectivity index (χ3n) is 3.38. The largest absolute Gasteiger partial charge is 0.336 e. The minimum Gasteiger partial charge on any atom is -0.336 e. The number of aryl methyl sites for hydroxylation is 1. The molecule has 4 nitrogen and oxygen atoms in total. The molecule has 2 rings (SSSR count). The summed E-state index contributed by atoms with van der Waals surface area (Å²) in [4.78, 5) is 16.4. The number of hydrogen-bond donors (Lipinski definition) is 1. The Labute approximate surface area is 127 Å². The first kappa shape index (κ1) is 14.8. The molecule has 0 aromatic carbocycles. The molecule has 0 aliphatic carbocycles. The number of nitrogens with zero attached hydrogens (tertiary/aromatic N) is 2. The highest BCUT2D eigenvalue weighted by Crippen LogP contribution is 2.20. The third-order valence-corrected chi connectivity index (χ3v) is 3.81. The summed E-state index contributed by atoms with van der Waals surface area (Å²) < 4.78 is 2.37. The highest BCUT2D eigenvalue weighted by atomic mass is 79.9. The molecule has 106 valence electrons. The molecule has 5 heteroatoms. The molecule has 0 amide bonds. The van der Waals surface area contributed by atoms with Gasteiger partial charge in [0.15, 0.2) is 0 Å². The Morgan fingerprint density at radius 3 is 2.80 bits per heavy atom. The van der Waals surface area contributed by atoms with Crippen molar-refractivity contribution in [3.63, 3.8) is 0 Å². The molecule has 20 heavy (non-hydrogen) atoms. The van der Waals surface area contributed by atoms with Gasteiger partial charge in [0.25, 0.3) is 5.56 Å². The van der Waals surface area contributed by atoms with Crippen LogP contribution < -0.4 is 10.9 Å². The Bertz CT molecular complexity index is 649. The summed E-state index contributed by atoms with van der Waals surface area (Å²) in [6.45, 7) is 4.33. The lowest BCUT2D eigenvalue weighted by molar-refractivity contribution is 0.730. The normalized spacial score (nSPS) is 12.2. The minimum atomic E-state index is -0.0824. The van der Waals surface area contributed by atoms with Gasteiger partial charge in [-0.05, 0) is 46.0 Å². The van der Waals surface area contributed by atoms with Gasteiger partial charge in [-0.15, -0.1) is 0 Å². The standard InChI is InChI=1S/C15H18BrN3O/c1-4-10(2)11-5-6-14(17-8-11)18-13-7-12(16)9-19(3)15(13)20/h5-10H,4H2,1-3H3,(H,17,18). The Morgan fingerprint density at radius 2 is 2.20 bits per heavy atom. The smallest absolute Gasteiger partial charge is 0.274 e. The second kappa shape index (κ2) is 6.22. The summed E-state index contributed by atoms with van der Waals surface area (Å²) >= 11 is 3.38. The number of rotatable bonds is 4. The minimum absolute atomic E-state index is 0.0824. The summed E-state index contributed by atoms with van der Waals surface area (Å²) in [7, 11) is 1.72. The molecule has 0 saturated heterocycles. The van der Waals surface area contributed by atoms with Gasteiger partial charge in [-0.2, -0.15) is 0 Å². The van der Waals surface area contributed by atoms with Crippen LogP contribution in [0.5, 0.6) is 0 Å². The van der Waals surface area contributed by atoms with Gasteiger partial charge in [-0.25, -0.2) is 4.98 Å². The molecule has 0 aliphatic rings. The fraction of sp³-hybridized carbons (Fsp3) is 0.333. The first-order valence-electron chi connectivity index (χ1n) is 6.60. The van der Waals surface area contributed by atoms with E-state index in [2.05, 4.69) is 40.1 Å². The maximum Gasteiger partial charge on any atom is 0.274 e. The van der Waals surface area contributed by atoms with Crippen molar-refractivity contribution in [3.05, 3.63) is 51.0 Å². The maximum absolute atomic E-state index is 12.0. The summed E-state index contributed by atoms with van der Waals surface area (Å²) in [5.41, 5.74) is 1.63. The van der Waals surface area contributed by atoms with Gasteiger partial charge in [-0.1, -0.05) is 19.9 Å². The van der Waals surface area contributed by atoms with Crippen molar-refractivity contribution in [2.45, 2.75) is 26.2 Å². The van der Waals surface area contributed by atoms with E-state index >= 15 is 0 Å². The fourth-order valence-corrected chi connectivity index (χ4v) is 2.44. The highest BCUT2D eigenvalue weighted by Gasteiger charge is 2.06. The molecule has 0 fully saturated rings. The average molecular weight is 336 g/mol. The SMILES string of the molecule is CCC(C)c1ccc(Nc2cc(Br)cn(C)c2=O)nc1. The number of hydrogen-bond acceptors (Lipinski definition) is 3. The first-order chi connectivity index (χ1) is 9.51. The summed E-state index contributed by atoms with van der Waals surface area (Å²) in [6, 6.07) is 5.71. The van der Waals surface area contributed by atoms with Crippen LogP contribution in [0.25, 0.3) is 0 Å². The Morgan fingerprint density at radius 1 is 1.45 bits per heavy atom. The Kier molecular flexibility index (Phi) is 4.60. The predicted octanol–water partition coefficient (Wildman–Crippen LogP) is 3.80. The fourth-order valence-electron chi connectivity index (χ4n) is 1.90. The molecule has 0 spiro atoms. The summed E-state index contributed by atoms with van der Waals surface area (Å²) in [5, 5.41) is 3.06. The van der Waals surface area contributed by atoms with Crippen molar-refractivity contribution in [1.29, 1.82) is 0 Å². The molecule has 2 aromatic heterocycles. The van der Waals surface area contributed by atoms with Crippen molar-refractivity contribution < 1.29 is 0 Å². The van der Waals surface area contributed by atoms with E-state index in [0.717, 1.165) is 10.9 Å². The number of anilines is 2. The van der Waals surface area contributed by atoms with Gasteiger partial charge < -0.3 is 9.88 Å². The van der Waals surface area contributed by atoms with Gasteiger partial charge in [-0.3, -0.25) is 4.79 Å². The van der Waals surface area contributed by atoms with E-state index in [0.29, 0.717) is 17.4 Å². The molecule has 0 saturated carbocycles. The number of aromatic nitrogens is 2. The van der Waals surface area contributed by atoms with Gasteiger partial charge in [0.05, 0.1) is 0 Å². The van der Waals surface area contributed by atoms with Crippen LogP contribution in [0.2, 0.25) is 0 Å². The molecule has 1 unspecified atom stereocenters. The molecule has 0 radical (unpaired) electrons. The van der Waals surface area contributed by atoms with Gasteiger partial charge in [0.1, 0.15) is 11.5 Å². The monoisotopic (exact) mass is 335 g/mol. The second-order valence-corrected chi connectivity index (χ2v) is 5.81. The van der Waals surface area contributed by atoms with Gasteiger partial charge in [0, 0.05) is 23.9 Å². The van der Waals surface area contributed by atoms with Crippen LogP contribution >= 0.6 is 15.9 Å². The second-order valence-electron chi connectivity index (χ2n) is 4.90. The highest BCUT2D eigenvalue weighted by molar-refractivity contribution is 9.10. The van der Waals surface area contributed by atoms with E-state index in [1.54, 1.807) is 19.3 Å². The van der Waals surface area contributed by atoms with Crippen molar-refractivity contribution in [3.8, 4) is 0 Å². The van der Waals surface area contributed by atoms with Crippen LogP contribution in [0.15, 0.2) is 39.9 Å². The number of pyridine rings is 2. The first-order valence-corrected chi connectivity index (χ1v) is 7.39. The molecule has 2 heterocycles. The molecule has 2 aromatic rings. The zero-order chi connectivity index (χ0) is 14.7. The molecular weight excluding hydrogens is 318 g/mol. The maximum atomic E-state index is 12.0. The molecule has 1 N–H and O–H groups in total. The van der Waals surface area contributed by atoms with Crippen molar-refractivity contribution in [2.24, 2.45) is 7.05 Å². The van der Waals surface area contributed by atoms with Crippen LogP contribution in [-0.2, 0) is 7.05 Å². The summed E-state index contributed by atoms with van der Waals surface area (Å²) in [5.74, 6) is 1.17. The van der Waals surface area contributed by atoms with Crippen LogP contribution in [0, 0.1) is 0 Å². The Hall–Kier alpha value is -1.62. The topological polar surface area (TPSA) is 46.9 Å². The van der Waals surface area contributed by atoms with E-state index in [4.69, 9.17) is 0 Å². The van der Waals surface area contributed by atoms with E-state index in [9.17, 15) is 4.79 Å². The van der Waals surface area contributed by atoms with Crippen LogP contribution in [-0.4, -0.2) is 9.55 Å². The molecule has 0 aliphatic heterocycles. The van der Waals surface area contributed by atoms with E-state index < -0.39 is 0 Å². The van der Waals surface area contributed by atoms with Crippen LogP contribution in [0.3, 0.4) is 0 Å². The zero-order valence-corrected chi connectivity index (χ0v) is 13.4. The van der Waals surface area contributed by atoms with Crippen LogP contribution in [0.1, 0.15) is 31.7 Å². The lowest BCUT2D eigenvalue weighted by Crippen LogP contribution is -2.19. The van der Waals surface area contributed by atoms with Crippen molar-refractivity contribution in [1.82, 2.24) is 9.55 Å². The number of nitrogens with one attached hydrogen (secondary N) is 1. The lowest BCUT2D eigenvalue weighted by Gasteiger charge is -2.10. The number of halogens is 1.